The number of carbonyl (C=O) groups is 1. The second kappa shape index (κ2) is 12.6. The van der Waals surface area contributed by atoms with Gasteiger partial charge in [0, 0.05) is 32.0 Å². The van der Waals surface area contributed by atoms with Crippen molar-refractivity contribution in [3.05, 3.63) is 101 Å². The van der Waals surface area contributed by atoms with Crippen LogP contribution in [0.25, 0.3) is 22.2 Å². The highest BCUT2D eigenvalue weighted by Gasteiger charge is 2.31. The first-order valence-corrected chi connectivity index (χ1v) is 14.9. The van der Waals surface area contributed by atoms with Crippen molar-refractivity contribution in [2.75, 3.05) is 24.2 Å². The molecule has 0 saturated heterocycles. The smallest absolute Gasteiger partial charge is 0.342 e. The van der Waals surface area contributed by atoms with Crippen molar-refractivity contribution >= 4 is 34.1 Å². The summed E-state index contributed by atoms with van der Waals surface area (Å²) >= 11 is 0. The highest BCUT2D eigenvalue weighted by molar-refractivity contribution is 6.06. The third-order valence-electron chi connectivity index (χ3n) is 8.41. The van der Waals surface area contributed by atoms with E-state index in [1.807, 2.05) is 79.1 Å². The Morgan fingerprint density at radius 2 is 1.91 bits per heavy atom. The number of ether oxygens (including phenoxy) is 1. The molecule has 2 N–H and O–H groups in total. The summed E-state index contributed by atoms with van der Waals surface area (Å²) in [6.45, 7) is 0.992. The van der Waals surface area contributed by atoms with Gasteiger partial charge in [0.15, 0.2) is 0 Å². The lowest BCUT2D eigenvalue weighted by Gasteiger charge is -2.24. The Morgan fingerprint density at radius 1 is 1.11 bits per heavy atom. The van der Waals surface area contributed by atoms with Crippen LogP contribution in [0.5, 0.6) is 0 Å². The fraction of sp³-hybridized carbons (Fsp3) is 0.303. The molecule has 3 aromatic carbocycles. The Labute approximate surface area is 255 Å². The Morgan fingerprint density at radius 3 is 2.64 bits per heavy atom. The molecule has 11 nitrogen and oxygen atoms in total. The van der Waals surface area contributed by atoms with E-state index in [2.05, 4.69) is 14.6 Å². The number of nitrogen functional groups attached to an aromatic ring is 1. The first kappa shape index (κ1) is 28.9. The van der Waals surface area contributed by atoms with Crippen LogP contribution in [-0.4, -0.2) is 43.8 Å². The van der Waals surface area contributed by atoms with Crippen LogP contribution >= 0.6 is 0 Å². The summed E-state index contributed by atoms with van der Waals surface area (Å²) in [5, 5.41) is 16.8. The number of nitrogens with two attached hydrogens (primary N) is 1. The zero-order valence-electron chi connectivity index (χ0n) is 24.6. The van der Waals surface area contributed by atoms with E-state index >= 15 is 0 Å². The number of anilines is 2. The zero-order valence-corrected chi connectivity index (χ0v) is 24.6. The van der Waals surface area contributed by atoms with Gasteiger partial charge in [0.25, 0.3) is 0 Å². The van der Waals surface area contributed by atoms with Crippen molar-refractivity contribution in [2.24, 2.45) is 0 Å². The first-order chi connectivity index (χ1) is 21.4. The molecule has 11 heteroatoms. The molecule has 6 rings (SSSR count). The van der Waals surface area contributed by atoms with Crippen LogP contribution in [0.4, 0.5) is 17.1 Å². The minimum Gasteiger partial charge on any atom is -0.457 e. The Hall–Kier alpha value is -5.19. The second-order valence-corrected chi connectivity index (χ2v) is 11.2. The monoisotopic (exact) mass is 593 g/mol. The van der Waals surface area contributed by atoms with Gasteiger partial charge in [0.2, 0.25) is 0 Å². The molecule has 0 bridgehead atoms. The molecule has 0 radical (unpaired) electrons. The average Bonchev–Trinajstić information content (AvgIpc) is 3.73. The van der Waals surface area contributed by atoms with Gasteiger partial charge in [-0.05, 0) is 48.2 Å². The Bertz CT molecular complexity index is 1780. The normalized spacial score (nSPS) is 13.7. The van der Waals surface area contributed by atoms with Crippen molar-refractivity contribution < 1.29 is 14.5 Å². The third kappa shape index (κ3) is 5.85. The van der Waals surface area contributed by atoms with Crippen LogP contribution in [0.2, 0.25) is 0 Å². The molecular weight excluding hydrogens is 558 g/mol. The van der Waals surface area contributed by atoms with Crippen molar-refractivity contribution in [2.45, 2.75) is 51.3 Å². The van der Waals surface area contributed by atoms with Crippen molar-refractivity contribution in [1.82, 2.24) is 19.3 Å². The molecule has 1 saturated carbocycles. The number of aromatic nitrogens is 4. The molecule has 0 amide bonds. The fourth-order valence-corrected chi connectivity index (χ4v) is 6.06. The average molecular weight is 594 g/mol. The van der Waals surface area contributed by atoms with Crippen LogP contribution in [-0.2, 0) is 17.9 Å². The Kier molecular flexibility index (Phi) is 8.27. The maximum Gasteiger partial charge on any atom is 0.342 e. The van der Waals surface area contributed by atoms with Gasteiger partial charge in [0.1, 0.15) is 17.9 Å². The van der Waals surface area contributed by atoms with Gasteiger partial charge in [-0.25, -0.2) is 9.78 Å². The maximum atomic E-state index is 13.6. The fourth-order valence-electron chi connectivity index (χ4n) is 6.06. The van der Waals surface area contributed by atoms with E-state index in [0.29, 0.717) is 35.9 Å². The summed E-state index contributed by atoms with van der Waals surface area (Å²) in [4.78, 5) is 32.1. The molecule has 0 unspecified atom stereocenters. The van der Waals surface area contributed by atoms with Gasteiger partial charge in [-0.1, -0.05) is 55.7 Å². The summed E-state index contributed by atoms with van der Waals surface area (Å²) in [6, 6.07) is 18.8. The molecule has 0 atom stereocenters. The molecule has 44 heavy (non-hydrogen) atoms. The quantitative estimate of drug-likeness (QED) is 0.0852. The number of rotatable bonds is 10. The minimum atomic E-state index is -0.733. The molecule has 2 aromatic heterocycles. The van der Waals surface area contributed by atoms with E-state index in [9.17, 15) is 14.9 Å². The molecule has 5 aromatic rings. The van der Waals surface area contributed by atoms with Gasteiger partial charge in [0.05, 0.1) is 40.1 Å². The summed E-state index contributed by atoms with van der Waals surface area (Å²) < 4.78 is 9.63. The van der Waals surface area contributed by atoms with E-state index in [1.54, 1.807) is 16.9 Å². The topological polar surface area (TPSA) is 134 Å². The molecule has 2 heterocycles. The van der Waals surface area contributed by atoms with E-state index in [1.165, 1.54) is 19.3 Å². The number of carbonyl (C=O) groups excluding carboxylic acids is 1. The van der Waals surface area contributed by atoms with E-state index in [0.717, 1.165) is 29.4 Å². The lowest BCUT2D eigenvalue weighted by molar-refractivity contribution is -0.383. The summed E-state index contributed by atoms with van der Waals surface area (Å²) in [7, 11) is 1.82. The largest absolute Gasteiger partial charge is 0.457 e. The number of fused-ring (bicyclic) bond motifs is 1. The van der Waals surface area contributed by atoms with Gasteiger partial charge in [-0.3, -0.25) is 14.8 Å². The van der Waals surface area contributed by atoms with Gasteiger partial charge in [-0.2, -0.15) is 5.10 Å². The lowest BCUT2D eigenvalue weighted by Crippen LogP contribution is -2.26. The van der Waals surface area contributed by atoms with Crippen molar-refractivity contribution in [1.29, 1.82) is 0 Å². The molecule has 0 spiro atoms. The lowest BCUT2D eigenvalue weighted by atomic mass is 9.95. The van der Waals surface area contributed by atoms with Crippen LogP contribution < -0.4 is 10.6 Å². The van der Waals surface area contributed by atoms with E-state index in [4.69, 9.17) is 10.5 Å². The molecule has 1 aliphatic rings. The van der Waals surface area contributed by atoms with Gasteiger partial charge >= 0.3 is 11.7 Å². The number of nitro groups is 1. The number of imidazole rings is 1. The van der Waals surface area contributed by atoms with E-state index in [-0.39, 0.29) is 23.5 Å². The number of nitrogens with zero attached hydrogens (tertiary/aromatic N) is 6. The maximum absolute atomic E-state index is 13.6. The van der Waals surface area contributed by atoms with Crippen molar-refractivity contribution in [3.8, 4) is 11.1 Å². The van der Waals surface area contributed by atoms with Gasteiger partial charge < -0.3 is 19.9 Å². The predicted molar refractivity (Wildman–Crippen MR) is 169 cm³/mol. The number of benzene rings is 3. The second-order valence-electron chi connectivity index (χ2n) is 11.2. The van der Waals surface area contributed by atoms with E-state index < -0.39 is 10.9 Å². The molecular formula is C33H35N7O4. The van der Waals surface area contributed by atoms with Crippen LogP contribution in [0, 0.1) is 10.1 Å². The third-order valence-corrected chi connectivity index (χ3v) is 8.41. The zero-order chi connectivity index (χ0) is 30.6. The molecule has 1 fully saturated rings. The van der Waals surface area contributed by atoms with Crippen LogP contribution in [0.15, 0.2) is 79.4 Å². The Balaban J connectivity index is 1.41. The number of likely N-dealkylation sites (N-methyl/N-ethyl adjacent to an activating group) is 1. The van der Waals surface area contributed by atoms with Crippen LogP contribution in [0.1, 0.15) is 54.1 Å². The standard InChI is InChI=1S/C33H35N7O4/c1-37(17-18-38-16-8-15-36-38)29-20-26(24-13-14-28-27(19-24)35-22-39(28)25-11-6-3-7-12-25)32(40(42)43)31(34)30(29)33(41)44-21-23-9-4-2-5-10-23/h2,4-5,8-10,13-16,19-20,22,25H,3,6-7,11-12,17-18,21,34H2,1H3. The molecule has 226 valence electrons. The number of hydrogen-bond donors (Lipinski definition) is 1. The molecule has 1 aliphatic carbocycles. The predicted octanol–water partition coefficient (Wildman–Crippen LogP) is 6.39. The summed E-state index contributed by atoms with van der Waals surface area (Å²) in [5.41, 5.74) is 9.78. The van der Waals surface area contributed by atoms with Gasteiger partial charge in [-0.15, -0.1) is 0 Å². The SMILES string of the molecule is CN(CCn1cccn1)c1cc(-c2ccc3c(c2)ncn3C2CCCCC2)c([N+](=O)[O-])c(N)c1C(=O)OCc1ccccc1. The first-order valence-electron chi connectivity index (χ1n) is 14.9. The number of esters is 1. The minimum absolute atomic E-state index is 0.00538. The van der Waals surface area contributed by atoms with Crippen LogP contribution in [0.3, 0.4) is 0 Å². The highest BCUT2D eigenvalue weighted by Crippen LogP contribution is 2.43. The summed E-state index contributed by atoms with van der Waals surface area (Å²) in [6.07, 6.45) is 11.3. The van der Waals surface area contributed by atoms with Crippen molar-refractivity contribution in [3.63, 3.8) is 0 Å². The highest BCUT2D eigenvalue weighted by atomic mass is 16.6. The number of nitro benzene ring substituents is 1. The molecule has 0 aliphatic heterocycles. The summed E-state index contributed by atoms with van der Waals surface area (Å²) in [5.74, 6) is -0.733. The number of hydrogen-bond acceptors (Lipinski definition) is 8.